The minimum absolute atomic E-state index is 0. The lowest BCUT2D eigenvalue weighted by Gasteiger charge is -2.00. The molecule has 2 heteroatoms. The minimum atomic E-state index is -0.00417. The second kappa shape index (κ2) is 11.3. The quantitative estimate of drug-likeness (QED) is 0.636. The Morgan fingerprint density at radius 1 is 1.08 bits per heavy atom. The molecule has 0 aliphatic carbocycles. The van der Waals surface area contributed by atoms with Crippen molar-refractivity contribution in [3.8, 4) is 0 Å². The van der Waals surface area contributed by atoms with E-state index >= 15 is 0 Å². The van der Waals surface area contributed by atoms with E-state index in [0.717, 1.165) is 0 Å². The van der Waals surface area contributed by atoms with Gasteiger partial charge < -0.3 is 0 Å². The first-order valence-corrected chi connectivity index (χ1v) is 3.62. The van der Waals surface area contributed by atoms with Crippen molar-refractivity contribution in [2.75, 3.05) is 0 Å². The van der Waals surface area contributed by atoms with Gasteiger partial charge in [0.2, 0.25) is 0 Å². The second-order valence-electron chi connectivity index (χ2n) is 2.69. The molecular weight excluding hydrogens is 164 g/mol. The fraction of sp³-hybridized carbons (Fsp3) is 0.818. The molecule has 0 aliphatic heterocycles. The van der Waals surface area contributed by atoms with Crippen LogP contribution in [0.4, 0.5) is 0 Å². The standard InChI is InChI=1S/C8H14O2.3CH4/c1-4-7(9)5-8(10)6(2)3;;;/h6H,4-5H2,1-3H3;3*1H4. The smallest absolute Gasteiger partial charge is 0.142 e. The lowest BCUT2D eigenvalue weighted by atomic mass is 10.0. The molecule has 0 amide bonds. The fourth-order valence-electron chi connectivity index (χ4n) is 0.523. The second-order valence-corrected chi connectivity index (χ2v) is 2.69. The van der Waals surface area contributed by atoms with Gasteiger partial charge >= 0.3 is 0 Å². The number of carbonyl (C=O) groups is 2. The van der Waals surface area contributed by atoms with Gasteiger partial charge in [-0.25, -0.2) is 0 Å². The van der Waals surface area contributed by atoms with E-state index < -0.39 is 0 Å². The number of ketones is 2. The molecule has 0 bridgehead atoms. The molecule has 0 aromatic heterocycles. The molecule has 0 saturated heterocycles. The topological polar surface area (TPSA) is 34.1 Å². The van der Waals surface area contributed by atoms with Gasteiger partial charge in [-0.1, -0.05) is 43.1 Å². The summed E-state index contributed by atoms with van der Waals surface area (Å²) in [7, 11) is 0. The van der Waals surface area contributed by atoms with Crippen molar-refractivity contribution >= 4 is 11.6 Å². The van der Waals surface area contributed by atoms with Crippen LogP contribution in [0.1, 0.15) is 55.9 Å². The summed E-state index contributed by atoms with van der Waals surface area (Å²) in [4.78, 5) is 21.6. The Labute approximate surface area is 83.7 Å². The number of hydrogen-bond donors (Lipinski definition) is 0. The number of hydrogen-bond acceptors (Lipinski definition) is 2. The summed E-state index contributed by atoms with van der Waals surface area (Å²) in [6, 6.07) is 0. The Morgan fingerprint density at radius 2 is 1.46 bits per heavy atom. The van der Waals surface area contributed by atoms with Gasteiger partial charge in [0.1, 0.15) is 11.6 Å². The van der Waals surface area contributed by atoms with Gasteiger partial charge in [-0.15, -0.1) is 0 Å². The first-order valence-electron chi connectivity index (χ1n) is 3.62. The van der Waals surface area contributed by atoms with E-state index in [9.17, 15) is 9.59 Å². The predicted octanol–water partition coefficient (Wildman–Crippen LogP) is 3.49. The fourth-order valence-corrected chi connectivity index (χ4v) is 0.523. The summed E-state index contributed by atoms with van der Waals surface area (Å²) in [6.45, 7) is 5.40. The van der Waals surface area contributed by atoms with E-state index in [4.69, 9.17) is 0 Å². The minimum Gasteiger partial charge on any atom is -0.299 e. The average molecular weight is 190 g/mol. The lowest BCUT2D eigenvalue weighted by Crippen LogP contribution is -2.12. The van der Waals surface area contributed by atoms with E-state index in [1.165, 1.54) is 0 Å². The summed E-state index contributed by atoms with van der Waals surface area (Å²) in [5, 5.41) is 0. The maximum atomic E-state index is 10.9. The molecule has 0 heterocycles. The molecule has 13 heavy (non-hydrogen) atoms. The zero-order valence-electron chi connectivity index (χ0n) is 6.81. The van der Waals surface area contributed by atoms with Gasteiger partial charge in [0.15, 0.2) is 0 Å². The zero-order chi connectivity index (χ0) is 8.15. The molecule has 0 rings (SSSR count). The van der Waals surface area contributed by atoms with Crippen LogP contribution in [0.3, 0.4) is 0 Å². The molecule has 0 unspecified atom stereocenters. The van der Waals surface area contributed by atoms with Crippen molar-refractivity contribution < 1.29 is 9.59 Å². The SMILES string of the molecule is C.C.C.CCC(=O)CC(=O)C(C)C. The lowest BCUT2D eigenvalue weighted by molar-refractivity contribution is -0.128. The largest absolute Gasteiger partial charge is 0.299 e. The molecule has 0 saturated carbocycles. The van der Waals surface area contributed by atoms with Gasteiger partial charge in [0.25, 0.3) is 0 Å². The van der Waals surface area contributed by atoms with Crippen molar-refractivity contribution in [1.29, 1.82) is 0 Å². The van der Waals surface area contributed by atoms with Crippen molar-refractivity contribution in [3.05, 3.63) is 0 Å². The average Bonchev–Trinajstić information content (AvgIpc) is 1.87. The Balaban J connectivity index is -0.000000135. The van der Waals surface area contributed by atoms with Crippen LogP contribution in [-0.4, -0.2) is 11.6 Å². The third-order valence-corrected chi connectivity index (χ3v) is 1.41. The van der Waals surface area contributed by atoms with Crippen LogP contribution < -0.4 is 0 Å². The van der Waals surface area contributed by atoms with Gasteiger partial charge in [0, 0.05) is 12.3 Å². The maximum Gasteiger partial charge on any atom is 0.142 e. The summed E-state index contributed by atoms with van der Waals surface area (Å²) < 4.78 is 0. The Kier molecular flexibility index (Phi) is 19.9. The first kappa shape index (κ1) is 22.8. The van der Waals surface area contributed by atoms with Gasteiger partial charge in [-0.3, -0.25) is 9.59 Å². The van der Waals surface area contributed by atoms with Crippen LogP contribution in [0.5, 0.6) is 0 Å². The number of carbonyl (C=O) groups excluding carboxylic acids is 2. The highest BCUT2D eigenvalue weighted by atomic mass is 16.1. The Bertz CT molecular complexity index is 137. The van der Waals surface area contributed by atoms with E-state index in [1.807, 2.05) is 13.8 Å². The van der Waals surface area contributed by atoms with E-state index in [-0.39, 0.29) is 46.2 Å². The number of Topliss-reactive ketones (excluding diaryl/α,β-unsaturated/α-hetero) is 2. The zero-order valence-corrected chi connectivity index (χ0v) is 6.81. The summed E-state index contributed by atoms with van der Waals surface area (Å²) in [5.41, 5.74) is 0. The molecule has 0 spiro atoms. The highest BCUT2D eigenvalue weighted by Crippen LogP contribution is 2.00. The Morgan fingerprint density at radius 3 is 1.69 bits per heavy atom. The first-order chi connectivity index (χ1) is 4.57. The highest BCUT2D eigenvalue weighted by molar-refractivity contribution is 5.99. The van der Waals surface area contributed by atoms with Crippen LogP contribution >= 0.6 is 0 Å². The molecule has 0 radical (unpaired) electrons. The molecule has 0 N–H and O–H groups in total. The summed E-state index contributed by atoms with van der Waals surface area (Å²) >= 11 is 0. The molecule has 0 aromatic rings. The molecule has 82 valence electrons. The van der Waals surface area contributed by atoms with Crippen molar-refractivity contribution in [3.63, 3.8) is 0 Å². The molecule has 0 atom stereocenters. The predicted molar refractivity (Wildman–Crippen MR) is 60.0 cm³/mol. The molecule has 2 nitrogen and oxygen atoms in total. The monoisotopic (exact) mass is 190 g/mol. The molecule has 0 aromatic carbocycles. The van der Waals surface area contributed by atoms with Crippen molar-refractivity contribution in [2.24, 2.45) is 5.92 Å². The number of rotatable bonds is 4. The van der Waals surface area contributed by atoms with Gasteiger partial charge in [-0.05, 0) is 0 Å². The molecular formula is C11H26O2. The molecule has 0 aliphatic rings. The van der Waals surface area contributed by atoms with Crippen LogP contribution in [0, 0.1) is 5.92 Å². The van der Waals surface area contributed by atoms with E-state index in [1.54, 1.807) is 6.92 Å². The molecule has 0 fully saturated rings. The van der Waals surface area contributed by atoms with Gasteiger partial charge in [0.05, 0.1) is 6.42 Å². The van der Waals surface area contributed by atoms with E-state index in [2.05, 4.69) is 0 Å². The van der Waals surface area contributed by atoms with E-state index in [0.29, 0.717) is 6.42 Å². The maximum absolute atomic E-state index is 10.9. The highest BCUT2D eigenvalue weighted by Gasteiger charge is 2.10. The Hall–Kier alpha value is -0.660. The normalized spacial score (nSPS) is 7.69. The summed E-state index contributed by atoms with van der Waals surface area (Å²) in [5.74, 6) is 0.0843. The third kappa shape index (κ3) is 11.3. The summed E-state index contributed by atoms with van der Waals surface area (Å²) in [6.07, 6.45) is 0.590. The van der Waals surface area contributed by atoms with Crippen molar-refractivity contribution in [2.45, 2.75) is 55.9 Å². The van der Waals surface area contributed by atoms with Gasteiger partial charge in [-0.2, -0.15) is 0 Å². The van der Waals surface area contributed by atoms with Crippen LogP contribution in [-0.2, 0) is 9.59 Å². The van der Waals surface area contributed by atoms with Crippen LogP contribution in [0.2, 0.25) is 0 Å². The van der Waals surface area contributed by atoms with Crippen LogP contribution in [0.25, 0.3) is 0 Å². The third-order valence-electron chi connectivity index (χ3n) is 1.41. The van der Waals surface area contributed by atoms with Crippen molar-refractivity contribution in [1.82, 2.24) is 0 Å². The van der Waals surface area contributed by atoms with Crippen LogP contribution in [0.15, 0.2) is 0 Å².